The van der Waals surface area contributed by atoms with Gasteiger partial charge in [-0.05, 0) is 44.5 Å². The molecule has 8 nitrogen and oxygen atoms in total. The number of carbonyl (C=O) groups excluding carboxylic acids is 1. The Morgan fingerprint density at radius 1 is 1.19 bits per heavy atom. The largest absolute Gasteiger partial charge is 0.444 e. The highest BCUT2D eigenvalue weighted by Crippen LogP contribution is 2.51. The van der Waals surface area contributed by atoms with Gasteiger partial charge in [0.05, 0.1) is 17.4 Å². The number of piperazine rings is 1. The second kappa shape index (κ2) is 9.25. The van der Waals surface area contributed by atoms with Crippen LogP contribution in [0.5, 0.6) is 0 Å². The van der Waals surface area contributed by atoms with E-state index in [-0.39, 0.29) is 31.0 Å². The van der Waals surface area contributed by atoms with Gasteiger partial charge in [0, 0.05) is 58.0 Å². The van der Waals surface area contributed by atoms with E-state index in [1.807, 2.05) is 45.0 Å². The average molecular weight is 536 g/mol. The van der Waals surface area contributed by atoms with Crippen LogP contribution in [0.3, 0.4) is 0 Å². The van der Waals surface area contributed by atoms with Crippen LogP contribution < -0.4 is 8.61 Å². The van der Waals surface area contributed by atoms with E-state index in [1.54, 1.807) is 20.6 Å². The van der Waals surface area contributed by atoms with Gasteiger partial charge in [0.15, 0.2) is 0 Å². The minimum absolute atomic E-state index is 0.0798. The van der Waals surface area contributed by atoms with Crippen molar-refractivity contribution in [2.24, 2.45) is 16.8 Å². The molecule has 37 heavy (non-hydrogen) atoms. The van der Waals surface area contributed by atoms with Crippen LogP contribution in [-0.4, -0.2) is 77.2 Å². The van der Waals surface area contributed by atoms with Crippen LogP contribution >= 0.6 is 0 Å². The maximum Gasteiger partial charge on any atom is 0.410 e. The fourth-order valence-electron chi connectivity index (χ4n) is 4.99. The van der Waals surface area contributed by atoms with E-state index in [0.717, 1.165) is 17.1 Å². The number of anilines is 2. The molecule has 2 fully saturated rings. The standard InChI is InChI=1S/C26H35F2N5O3S/c1-17-6-9-22(31-10-12-32(13-11-31)24(34)36-25(2,3)4)29-23(17)18-7-8-20-21(14-18)30(5)37(35)33(20)16-19-15-26(19,27)28/h6-9,14,17,19,23H,10-13,15-16H2,1-5H3. The van der Waals surface area contributed by atoms with E-state index >= 15 is 0 Å². The van der Waals surface area contributed by atoms with Gasteiger partial charge in [0.2, 0.25) is 11.2 Å². The smallest absolute Gasteiger partial charge is 0.410 e. The lowest BCUT2D eigenvalue weighted by atomic mass is 9.92. The first-order valence-corrected chi connectivity index (χ1v) is 13.8. The Hall–Kier alpha value is -2.69. The number of amidine groups is 1. The molecule has 0 aromatic heterocycles. The zero-order valence-electron chi connectivity index (χ0n) is 22.0. The topological polar surface area (TPSA) is 68.7 Å². The Morgan fingerprint density at radius 3 is 2.49 bits per heavy atom. The third kappa shape index (κ3) is 5.19. The van der Waals surface area contributed by atoms with E-state index in [4.69, 9.17) is 9.73 Å². The Bertz CT molecular complexity index is 1160. The average Bonchev–Trinajstić information content (AvgIpc) is 3.38. The summed E-state index contributed by atoms with van der Waals surface area (Å²) in [6.07, 6.45) is 3.74. The number of nitrogens with zero attached hydrogens (tertiary/aromatic N) is 5. The van der Waals surface area contributed by atoms with Crippen LogP contribution in [0.1, 0.15) is 45.7 Å². The Labute approximate surface area is 219 Å². The molecule has 0 radical (unpaired) electrons. The SMILES string of the molecule is CC1C=CC(N2CCN(C(=O)OC(C)(C)C)CC2)=NC1c1ccc2c(c1)N(C)S(=O)N2CC1CC1(F)F. The molecule has 1 saturated heterocycles. The third-order valence-corrected chi connectivity index (χ3v) is 8.68. The molecule has 3 heterocycles. The van der Waals surface area contributed by atoms with E-state index in [9.17, 15) is 17.8 Å². The van der Waals surface area contributed by atoms with Gasteiger partial charge in [-0.15, -0.1) is 0 Å². The van der Waals surface area contributed by atoms with Crippen molar-refractivity contribution in [3.63, 3.8) is 0 Å². The Kier molecular flexibility index (Phi) is 6.49. The van der Waals surface area contributed by atoms with E-state index < -0.39 is 28.6 Å². The van der Waals surface area contributed by atoms with Crippen molar-refractivity contribution < 1.29 is 22.5 Å². The summed E-state index contributed by atoms with van der Waals surface area (Å²) in [6, 6.07) is 5.71. The second-order valence-corrected chi connectivity index (χ2v) is 12.8. The molecule has 4 unspecified atom stereocenters. The summed E-state index contributed by atoms with van der Waals surface area (Å²) in [4.78, 5) is 21.4. The minimum Gasteiger partial charge on any atom is -0.444 e. The molecule has 1 aromatic rings. The number of hydrogen-bond donors (Lipinski definition) is 0. The minimum atomic E-state index is -2.65. The maximum atomic E-state index is 13.5. The fourth-order valence-corrected chi connectivity index (χ4v) is 6.23. The van der Waals surface area contributed by atoms with Crippen LogP contribution in [0.15, 0.2) is 35.3 Å². The zero-order valence-corrected chi connectivity index (χ0v) is 22.8. The lowest BCUT2D eigenvalue weighted by molar-refractivity contribution is 0.0187. The second-order valence-electron chi connectivity index (χ2n) is 11.3. The van der Waals surface area contributed by atoms with Gasteiger partial charge in [0.1, 0.15) is 11.4 Å². The van der Waals surface area contributed by atoms with Crippen molar-refractivity contribution in [1.82, 2.24) is 9.80 Å². The predicted molar refractivity (Wildman–Crippen MR) is 141 cm³/mol. The van der Waals surface area contributed by atoms with E-state index in [2.05, 4.69) is 17.9 Å². The number of benzene rings is 1. The Balaban J connectivity index is 1.30. The van der Waals surface area contributed by atoms with Crippen molar-refractivity contribution in [3.8, 4) is 0 Å². The number of rotatable bonds is 3. The summed E-state index contributed by atoms with van der Waals surface area (Å²) in [5.74, 6) is -2.37. The molecule has 1 saturated carbocycles. The van der Waals surface area contributed by atoms with Crippen LogP contribution in [-0.2, 0) is 15.9 Å². The number of alkyl halides is 2. The molecule has 4 aliphatic rings. The van der Waals surface area contributed by atoms with Crippen molar-refractivity contribution in [1.29, 1.82) is 0 Å². The molecule has 1 aromatic carbocycles. The summed E-state index contributed by atoms with van der Waals surface area (Å²) >= 11 is -1.53. The number of hydrogen-bond acceptors (Lipinski definition) is 5. The highest BCUT2D eigenvalue weighted by Gasteiger charge is 2.58. The summed E-state index contributed by atoms with van der Waals surface area (Å²) in [6.45, 7) is 10.2. The number of amides is 1. The number of fused-ring (bicyclic) bond motifs is 1. The van der Waals surface area contributed by atoms with Crippen molar-refractivity contribution in [2.75, 3.05) is 48.4 Å². The normalized spacial score (nSPS) is 28.8. The highest BCUT2D eigenvalue weighted by molar-refractivity contribution is 7.88. The number of halogens is 2. The monoisotopic (exact) mass is 535 g/mol. The van der Waals surface area contributed by atoms with Crippen LogP contribution in [0, 0.1) is 11.8 Å². The molecule has 0 spiro atoms. The first-order chi connectivity index (χ1) is 17.3. The summed E-state index contributed by atoms with van der Waals surface area (Å²) in [7, 11) is 1.73. The molecule has 0 N–H and O–H groups in total. The molecule has 1 amide bonds. The van der Waals surface area contributed by atoms with Gasteiger partial charge in [-0.1, -0.05) is 19.1 Å². The third-order valence-electron chi connectivity index (χ3n) is 7.29. The maximum absolute atomic E-state index is 13.5. The van der Waals surface area contributed by atoms with Crippen molar-refractivity contribution in [3.05, 3.63) is 35.9 Å². The van der Waals surface area contributed by atoms with Gasteiger partial charge in [0.25, 0.3) is 5.92 Å². The number of aliphatic imine (C=N–C) groups is 1. The van der Waals surface area contributed by atoms with Gasteiger partial charge in [-0.3, -0.25) is 13.6 Å². The summed E-state index contributed by atoms with van der Waals surface area (Å²) in [5, 5.41) is 0. The lowest BCUT2D eigenvalue weighted by Crippen LogP contribution is -2.51. The number of dihydropyridines is 1. The molecule has 0 bridgehead atoms. The first kappa shape index (κ1) is 25.9. The molecule has 3 aliphatic heterocycles. The Morgan fingerprint density at radius 2 is 1.86 bits per heavy atom. The molecular formula is C26H35F2N5O3S. The quantitative estimate of drug-likeness (QED) is 0.576. The van der Waals surface area contributed by atoms with Crippen molar-refractivity contribution in [2.45, 2.75) is 51.7 Å². The van der Waals surface area contributed by atoms with Gasteiger partial charge in [-0.2, -0.15) is 0 Å². The summed E-state index contributed by atoms with van der Waals surface area (Å²) in [5.41, 5.74) is 1.95. The van der Waals surface area contributed by atoms with Gasteiger partial charge in [-0.25, -0.2) is 17.8 Å². The molecule has 5 rings (SSSR count). The molecule has 202 valence electrons. The zero-order chi connectivity index (χ0) is 26.7. The fraction of sp³-hybridized carbons (Fsp3) is 0.615. The predicted octanol–water partition coefficient (Wildman–Crippen LogP) is 4.37. The van der Waals surface area contributed by atoms with E-state index in [0.29, 0.717) is 31.9 Å². The van der Waals surface area contributed by atoms with Crippen LogP contribution in [0.25, 0.3) is 0 Å². The lowest BCUT2D eigenvalue weighted by Gasteiger charge is -2.38. The molecule has 1 aliphatic carbocycles. The van der Waals surface area contributed by atoms with Gasteiger partial charge < -0.3 is 14.5 Å². The molecular weight excluding hydrogens is 500 g/mol. The number of carbonyl (C=O) groups is 1. The van der Waals surface area contributed by atoms with Crippen molar-refractivity contribution >= 4 is 34.5 Å². The molecule has 11 heteroatoms. The van der Waals surface area contributed by atoms with E-state index in [1.165, 1.54) is 0 Å². The highest BCUT2D eigenvalue weighted by atomic mass is 32.2. The van der Waals surface area contributed by atoms with Gasteiger partial charge >= 0.3 is 6.09 Å². The molecule has 4 atom stereocenters. The summed E-state index contributed by atoms with van der Waals surface area (Å²) < 4.78 is 48.7. The number of ether oxygens (including phenoxy) is 1. The first-order valence-electron chi connectivity index (χ1n) is 12.8. The van der Waals surface area contributed by atoms with Crippen LogP contribution in [0.4, 0.5) is 25.0 Å². The van der Waals surface area contributed by atoms with Crippen LogP contribution in [0.2, 0.25) is 0 Å².